The van der Waals surface area contributed by atoms with E-state index >= 15 is 0 Å². The minimum Gasteiger partial charge on any atom is -0.338 e. The first-order chi connectivity index (χ1) is 6.57. The molecule has 0 aromatic heterocycles. The molecule has 1 amide bonds. The number of nitrogens with one attached hydrogen (secondary N) is 1. The Balaban J connectivity index is 2.62. The van der Waals surface area contributed by atoms with E-state index in [1.54, 1.807) is 0 Å². The SMILES string of the molecule is CNC(C)C(=O)N1CCCC(C)C1C. The number of likely N-dealkylation sites (tertiary alicyclic amines) is 1. The van der Waals surface area contributed by atoms with Crippen LogP contribution in [0.2, 0.25) is 0 Å². The molecule has 0 radical (unpaired) electrons. The Hall–Kier alpha value is -0.570. The molecule has 0 spiro atoms. The van der Waals surface area contributed by atoms with Crippen LogP contribution in [0, 0.1) is 5.92 Å². The van der Waals surface area contributed by atoms with E-state index in [0.717, 1.165) is 13.0 Å². The number of rotatable bonds is 2. The summed E-state index contributed by atoms with van der Waals surface area (Å²) >= 11 is 0. The first-order valence-electron chi connectivity index (χ1n) is 5.55. The highest BCUT2D eigenvalue weighted by Crippen LogP contribution is 2.23. The standard InChI is InChI=1S/C11H22N2O/c1-8-6-5-7-13(10(8)3)11(14)9(2)12-4/h8-10,12H,5-7H2,1-4H3. The monoisotopic (exact) mass is 198 g/mol. The quantitative estimate of drug-likeness (QED) is 0.724. The van der Waals surface area contributed by atoms with Gasteiger partial charge in [0, 0.05) is 12.6 Å². The van der Waals surface area contributed by atoms with E-state index in [9.17, 15) is 4.79 Å². The molecule has 1 rings (SSSR count). The molecule has 1 aliphatic rings. The maximum Gasteiger partial charge on any atom is 0.239 e. The molecule has 3 heteroatoms. The number of nitrogens with zero attached hydrogens (tertiary/aromatic N) is 1. The van der Waals surface area contributed by atoms with Gasteiger partial charge in [-0.25, -0.2) is 0 Å². The molecule has 0 bridgehead atoms. The van der Waals surface area contributed by atoms with Crippen LogP contribution in [-0.4, -0.2) is 36.5 Å². The van der Waals surface area contributed by atoms with Crippen molar-refractivity contribution in [2.45, 2.75) is 45.7 Å². The molecular weight excluding hydrogens is 176 g/mol. The molecule has 0 saturated carbocycles. The Morgan fingerprint density at radius 1 is 1.50 bits per heavy atom. The molecular formula is C11H22N2O. The summed E-state index contributed by atoms with van der Waals surface area (Å²) in [5, 5.41) is 3.01. The summed E-state index contributed by atoms with van der Waals surface area (Å²) in [7, 11) is 1.83. The molecule has 14 heavy (non-hydrogen) atoms. The van der Waals surface area contributed by atoms with Gasteiger partial charge in [0.15, 0.2) is 0 Å². The number of piperidine rings is 1. The van der Waals surface area contributed by atoms with E-state index in [1.165, 1.54) is 6.42 Å². The molecule has 0 aromatic rings. The number of hydrogen-bond acceptors (Lipinski definition) is 2. The van der Waals surface area contributed by atoms with Crippen LogP contribution in [0.25, 0.3) is 0 Å². The summed E-state index contributed by atoms with van der Waals surface area (Å²) in [4.78, 5) is 14.0. The van der Waals surface area contributed by atoms with Crippen LogP contribution in [0.3, 0.4) is 0 Å². The third kappa shape index (κ3) is 2.27. The van der Waals surface area contributed by atoms with Crippen LogP contribution in [-0.2, 0) is 4.79 Å². The predicted octanol–water partition coefficient (Wildman–Crippen LogP) is 1.24. The van der Waals surface area contributed by atoms with Crippen molar-refractivity contribution in [2.75, 3.05) is 13.6 Å². The van der Waals surface area contributed by atoms with E-state index < -0.39 is 0 Å². The van der Waals surface area contributed by atoms with E-state index in [-0.39, 0.29) is 11.9 Å². The molecule has 0 aliphatic carbocycles. The smallest absolute Gasteiger partial charge is 0.239 e. The summed E-state index contributed by atoms with van der Waals surface area (Å²) in [5.41, 5.74) is 0. The summed E-state index contributed by atoms with van der Waals surface area (Å²) in [6.45, 7) is 7.24. The Morgan fingerprint density at radius 3 is 2.71 bits per heavy atom. The molecule has 1 heterocycles. The van der Waals surface area contributed by atoms with Crippen LogP contribution in [0.1, 0.15) is 33.6 Å². The minimum absolute atomic E-state index is 0.0530. The largest absolute Gasteiger partial charge is 0.338 e. The lowest BCUT2D eigenvalue weighted by Crippen LogP contribution is -2.51. The average molecular weight is 198 g/mol. The summed E-state index contributed by atoms with van der Waals surface area (Å²) in [6.07, 6.45) is 2.40. The fourth-order valence-corrected chi connectivity index (χ4v) is 2.02. The van der Waals surface area contributed by atoms with Crippen LogP contribution in [0.15, 0.2) is 0 Å². The lowest BCUT2D eigenvalue weighted by molar-refractivity contribution is -0.137. The van der Waals surface area contributed by atoms with Gasteiger partial charge in [-0.3, -0.25) is 4.79 Å². The Morgan fingerprint density at radius 2 is 2.14 bits per heavy atom. The second-order valence-corrected chi connectivity index (χ2v) is 4.40. The van der Waals surface area contributed by atoms with E-state index in [0.29, 0.717) is 12.0 Å². The highest BCUT2D eigenvalue weighted by Gasteiger charge is 2.30. The van der Waals surface area contributed by atoms with Gasteiger partial charge in [-0.1, -0.05) is 6.92 Å². The van der Waals surface area contributed by atoms with Crippen molar-refractivity contribution in [3.63, 3.8) is 0 Å². The van der Waals surface area contributed by atoms with E-state index in [2.05, 4.69) is 19.2 Å². The zero-order chi connectivity index (χ0) is 10.7. The number of likely N-dealkylation sites (N-methyl/N-ethyl adjacent to an activating group) is 1. The van der Waals surface area contributed by atoms with Gasteiger partial charge in [-0.05, 0) is 39.7 Å². The molecule has 1 saturated heterocycles. The van der Waals surface area contributed by atoms with Crippen molar-refractivity contribution >= 4 is 5.91 Å². The second kappa shape index (κ2) is 4.78. The lowest BCUT2D eigenvalue weighted by Gasteiger charge is -2.39. The van der Waals surface area contributed by atoms with Gasteiger partial charge >= 0.3 is 0 Å². The average Bonchev–Trinajstić information content (AvgIpc) is 2.20. The predicted molar refractivity (Wildman–Crippen MR) is 58.1 cm³/mol. The third-order valence-corrected chi connectivity index (χ3v) is 3.46. The van der Waals surface area contributed by atoms with Gasteiger partial charge in [-0.2, -0.15) is 0 Å². The topological polar surface area (TPSA) is 32.3 Å². The van der Waals surface area contributed by atoms with Gasteiger partial charge in [0.1, 0.15) is 0 Å². The van der Waals surface area contributed by atoms with Gasteiger partial charge in [0.2, 0.25) is 5.91 Å². The van der Waals surface area contributed by atoms with Crippen molar-refractivity contribution in [3.8, 4) is 0 Å². The highest BCUT2D eigenvalue weighted by molar-refractivity contribution is 5.81. The molecule has 1 fully saturated rings. The van der Waals surface area contributed by atoms with Crippen molar-refractivity contribution in [3.05, 3.63) is 0 Å². The maximum absolute atomic E-state index is 11.9. The third-order valence-electron chi connectivity index (χ3n) is 3.46. The van der Waals surface area contributed by atoms with Gasteiger partial charge in [0.25, 0.3) is 0 Å². The minimum atomic E-state index is -0.0530. The summed E-state index contributed by atoms with van der Waals surface area (Å²) in [5.74, 6) is 0.878. The maximum atomic E-state index is 11.9. The number of amides is 1. The molecule has 0 aromatic carbocycles. The highest BCUT2D eigenvalue weighted by atomic mass is 16.2. The van der Waals surface area contributed by atoms with Crippen LogP contribution >= 0.6 is 0 Å². The van der Waals surface area contributed by atoms with Gasteiger partial charge in [0.05, 0.1) is 6.04 Å². The number of carbonyl (C=O) groups is 1. The van der Waals surface area contributed by atoms with Crippen LogP contribution < -0.4 is 5.32 Å². The normalized spacial score (nSPS) is 30.1. The van der Waals surface area contributed by atoms with Crippen molar-refractivity contribution in [1.82, 2.24) is 10.2 Å². The first-order valence-corrected chi connectivity index (χ1v) is 5.55. The summed E-state index contributed by atoms with van der Waals surface area (Å²) < 4.78 is 0. The van der Waals surface area contributed by atoms with Gasteiger partial charge in [-0.15, -0.1) is 0 Å². The summed E-state index contributed by atoms with van der Waals surface area (Å²) in [6, 6.07) is 0.342. The van der Waals surface area contributed by atoms with Crippen molar-refractivity contribution in [2.24, 2.45) is 5.92 Å². The molecule has 3 nitrogen and oxygen atoms in total. The fraction of sp³-hybridized carbons (Fsp3) is 0.909. The van der Waals surface area contributed by atoms with Gasteiger partial charge < -0.3 is 10.2 Å². The van der Waals surface area contributed by atoms with Crippen LogP contribution in [0.4, 0.5) is 0 Å². The number of carbonyl (C=O) groups excluding carboxylic acids is 1. The first kappa shape index (κ1) is 11.5. The Bertz CT molecular complexity index is 205. The van der Waals surface area contributed by atoms with Crippen molar-refractivity contribution in [1.29, 1.82) is 0 Å². The van der Waals surface area contributed by atoms with Crippen LogP contribution in [0.5, 0.6) is 0 Å². The fourth-order valence-electron chi connectivity index (χ4n) is 2.02. The molecule has 3 unspecified atom stereocenters. The van der Waals surface area contributed by atoms with E-state index in [4.69, 9.17) is 0 Å². The zero-order valence-electron chi connectivity index (χ0n) is 9.71. The Kier molecular flexibility index (Phi) is 3.93. The second-order valence-electron chi connectivity index (χ2n) is 4.40. The lowest BCUT2D eigenvalue weighted by atomic mass is 9.91. The molecule has 1 N–H and O–H groups in total. The van der Waals surface area contributed by atoms with E-state index in [1.807, 2.05) is 18.9 Å². The molecule has 82 valence electrons. The number of hydrogen-bond donors (Lipinski definition) is 1. The molecule has 3 atom stereocenters. The van der Waals surface area contributed by atoms with Crippen molar-refractivity contribution < 1.29 is 4.79 Å². The zero-order valence-corrected chi connectivity index (χ0v) is 9.71. The molecule has 1 aliphatic heterocycles. The Labute approximate surface area is 86.9 Å².